The number of hydrogen-bond donors (Lipinski definition) is 0. The molecule has 0 amide bonds. The third kappa shape index (κ3) is 1.93. The van der Waals surface area contributed by atoms with E-state index in [1.807, 2.05) is 46.2 Å². The van der Waals surface area contributed by atoms with Crippen LogP contribution in [-0.4, -0.2) is 28.7 Å². The minimum atomic E-state index is -0.321. The van der Waals surface area contributed by atoms with Gasteiger partial charge in [-0.3, -0.25) is 0 Å². The molecule has 0 N–H and O–H groups in total. The zero-order chi connectivity index (χ0) is 14.1. The predicted octanol–water partition coefficient (Wildman–Crippen LogP) is 3.15. The highest BCUT2D eigenvalue weighted by Crippen LogP contribution is 2.38. The Morgan fingerprint density at radius 1 is 1.00 bits per heavy atom. The Hall–Kier alpha value is -2.07. The van der Waals surface area contributed by atoms with Crippen LogP contribution in [0.5, 0.6) is 0 Å². The van der Waals surface area contributed by atoms with Gasteiger partial charge in [0.1, 0.15) is 0 Å². The molecule has 4 nitrogen and oxygen atoms in total. The van der Waals surface area contributed by atoms with E-state index in [0.717, 1.165) is 22.7 Å². The lowest BCUT2D eigenvalue weighted by Gasteiger charge is -2.24. The number of halogens is 1. The highest BCUT2D eigenvalue weighted by Gasteiger charge is 2.36. The monoisotopic (exact) mass is 286 g/mol. The fourth-order valence-corrected chi connectivity index (χ4v) is 2.71. The Kier molecular flexibility index (Phi) is 3.32. The molecular formula is C15H15ClN4. The largest absolute Gasteiger partial charge is 0.316 e. The first-order valence-electron chi connectivity index (χ1n) is 6.42. The van der Waals surface area contributed by atoms with Crippen LogP contribution in [-0.2, 0) is 0 Å². The summed E-state index contributed by atoms with van der Waals surface area (Å²) in [7, 11) is 0. The lowest BCUT2D eigenvalue weighted by Crippen LogP contribution is -2.39. The summed E-state index contributed by atoms with van der Waals surface area (Å²) in [5, 5.41) is 0. The molecule has 0 aliphatic carbocycles. The lowest BCUT2D eigenvalue weighted by atomic mass is 10.3. The molecule has 3 rings (SSSR count). The van der Waals surface area contributed by atoms with Gasteiger partial charge in [0.05, 0.1) is 11.0 Å². The Morgan fingerprint density at radius 3 is 1.85 bits per heavy atom. The van der Waals surface area contributed by atoms with Crippen molar-refractivity contribution in [3.05, 3.63) is 49.6 Å². The first kappa shape index (κ1) is 12.9. The molecule has 1 aliphatic rings. The van der Waals surface area contributed by atoms with Crippen molar-refractivity contribution < 1.29 is 0 Å². The summed E-state index contributed by atoms with van der Waals surface area (Å²) in [5.74, 6) is 1.59. The minimum Gasteiger partial charge on any atom is -0.316 e. The predicted molar refractivity (Wildman–Crippen MR) is 84.3 cm³/mol. The highest BCUT2D eigenvalue weighted by atomic mass is 35.5. The van der Waals surface area contributed by atoms with Crippen molar-refractivity contribution in [3.8, 4) is 0 Å². The average Bonchev–Trinajstić information content (AvgIpc) is 2.71. The summed E-state index contributed by atoms with van der Waals surface area (Å²) >= 11 is 6.51. The number of anilines is 2. The van der Waals surface area contributed by atoms with Gasteiger partial charge in [0, 0.05) is 13.1 Å². The van der Waals surface area contributed by atoms with Crippen molar-refractivity contribution >= 4 is 34.3 Å². The second-order valence-corrected chi connectivity index (χ2v) is 4.94. The van der Waals surface area contributed by atoms with E-state index in [-0.39, 0.29) is 5.62 Å². The number of benzene rings is 1. The summed E-state index contributed by atoms with van der Waals surface area (Å²) in [4.78, 5) is 13.3. The van der Waals surface area contributed by atoms with Crippen LogP contribution in [0.4, 0.5) is 11.6 Å². The van der Waals surface area contributed by atoms with Crippen molar-refractivity contribution in [3.63, 3.8) is 0 Å². The van der Waals surface area contributed by atoms with Gasteiger partial charge in [-0.05, 0) is 12.1 Å². The molecule has 0 radical (unpaired) electrons. The molecule has 0 atom stereocenters. The summed E-state index contributed by atoms with van der Waals surface area (Å²) < 4.78 is 0. The highest BCUT2D eigenvalue weighted by molar-refractivity contribution is 6.24. The van der Waals surface area contributed by atoms with Crippen LogP contribution in [0.15, 0.2) is 49.6 Å². The molecule has 1 aliphatic heterocycles. The fourth-order valence-electron chi connectivity index (χ4n) is 2.36. The quantitative estimate of drug-likeness (QED) is 0.491. The Labute approximate surface area is 123 Å². The van der Waals surface area contributed by atoms with Crippen LogP contribution in [0, 0.1) is 0 Å². The molecule has 0 spiro atoms. The van der Waals surface area contributed by atoms with Crippen LogP contribution in [0.25, 0.3) is 11.0 Å². The maximum atomic E-state index is 6.51. The molecule has 0 bridgehead atoms. The first-order chi connectivity index (χ1) is 9.76. The summed E-state index contributed by atoms with van der Waals surface area (Å²) in [6.07, 6.45) is 3.63. The number of alkyl halides is 1. The van der Waals surface area contributed by atoms with E-state index in [2.05, 4.69) is 13.2 Å². The maximum Gasteiger partial charge on any atom is 0.183 e. The molecular weight excluding hydrogens is 272 g/mol. The number of aromatic nitrogens is 2. The normalized spacial score (nSPS) is 14.7. The molecule has 0 fully saturated rings. The Bertz CT molecular complexity index is 613. The third-order valence-electron chi connectivity index (χ3n) is 3.24. The second-order valence-electron chi connectivity index (χ2n) is 4.55. The SMILES string of the molecule is C=CCN1c2nc3ccccc3nc2N(CC=C)C1Cl. The minimum absolute atomic E-state index is 0.321. The number of para-hydroxylation sites is 2. The van der Waals surface area contributed by atoms with E-state index in [1.165, 1.54) is 0 Å². The molecule has 5 heteroatoms. The van der Waals surface area contributed by atoms with E-state index in [1.54, 1.807) is 0 Å². The molecule has 2 aromatic rings. The van der Waals surface area contributed by atoms with Crippen LogP contribution in [0.2, 0.25) is 0 Å². The Morgan fingerprint density at radius 2 is 1.45 bits per heavy atom. The molecule has 20 heavy (non-hydrogen) atoms. The topological polar surface area (TPSA) is 32.3 Å². The van der Waals surface area contributed by atoms with Gasteiger partial charge in [0.15, 0.2) is 17.3 Å². The number of hydrogen-bond acceptors (Lipinski definition) is 4. The van der Waals surface area contributed by atoms with Crippen LogP contribution in [0.1, 0.15) is 0 Å². The second kappa shape index (κ2) is 5.13. The molecule has 0 saturated heterocycles. The van der Waals surface area contributed by atoms with Gasteiger partial charge in [-0.15, -0.1) is 13.2 Å². The van der Waals surface area contributed by atoms with E-state index >= 15 is 0 Å². The first-order valence-corrected chi connectivity index (χ1v) is 6.86. The van der Waals surface area contributed by atoms with E-state index < -0.39 is 0 Å². The molecule has 2 heterocycles. The van der Waals surface area contributed by atoms with E-state index in [4.69, 9.17) is 21.6 Å². The standard InChI is InChI=1S/C15H15ClN4/c1-3-9-19-13-14(20(10-4-2)15(19)16)18-12-8-6-5-7-11(12)17-13/h3-8,15H,1-2,9-10H2. The number of fused-ring (bicyclic) bond motifs is 2. The Balaban J connectivity index is 2.18. The molecule has 1 aromatic heterocycles. The molecule has 0 saturated carbocycles. The zero-order valence-electron chi connectivity index (χ0n) is 11.0. The van der Waals surface area contributed by atoms with Gasteiger partial charge in [0.2, 0.25) is 0 Å². The van der Waals surface area contributed by atoms with Crippen molar-refractivity contribution in [2.24, 2.45) is 0 Å². The third-order valence-corrected chi connectivity index (χ3v) is 3.72. The zero-order valence-corrected chi connectivity index (χ0v) is 11.8. The van der Waals surface area contributed by atoms with Crippen LogP contribution >= 0.6 is 11.6 Å². The summed E-state index contributed by atoms with van der Waals surface area (Å²) in [6, 6.07) is 7.81. The van der Waals surface area contributed by atoms with Crippen molar-refractivity contribution in [1.29, 1.82) is 0 Å². The van der Waals surface area contributed by atoms with E-state index in [9.17, 15) is 0 Å². The van der Waals surface area contributed by atoms with Gasteiger partial charge in [-0.2, -0.15) is 0 Å². The van der Waals surface area contributed by atoms with Gasteiger partial charge >= 0.3 is 0 Å². The van der Waals surface area contributed by atoms with Gasteiger partial charge in [0.25, 0.3) is 0 Å². The van der Waals surface area contributed by atoms with Gasteiger partial charge in [-0.1, -0.05) is 35.9 Å². The number of nitrogens with zero attached hydrogens (tertiary/aromatic N) is 4. The summed E-state index contributed by atoms with van der Waals surface area (Å²) in [6.45, 7) is 8.81. The maximum absolute atomic E-state index is 6.51. The molecule has 0 unspecified atom stereocenters. The number of rotatable bonds is 4. The van der Waals surface area contributed by atoms with Crippen LogP contribution in [0.3, 0.4) is 0 Å². The van der Waals surface area contributed by atoms with Gasteiger partial charge < -0.3 is 9.80 Å². The molecule has 102 valence electrons. The lowest BCUT2D eigenvalue weighted by molar-refractivity contribution is 0.775. The van der Waals surface area contributed by atoms with Crippen molar-refractivity contribution in [1.82, 2.24) is 9.97 Å². The summed E-state index contributed by atoms with van der Waals surface area (Å²) in [5.41, 5.74) is 1.41. The smallest absolute Gasteiger partial charge is 0.183 e. The van der Waals surface area contributed by atoms with Crippen molar-refractivity contribution in [2.75, 3.05) is 22.9 Å². The van der Waals surface area contributed by atoms with Crippen LogP contribution < -0.4 is 9.80 Å². The van der Waals surface area contributed by atoms with Crippen molar-refractivity contribution in [2.45, 2.75) is 5.62 Å². The molecule has 1 aromatic carbocycles. The fraction of sp³-hybridized carbons (Fsp3) is 0.200. The van der Waals surface area contributed by atoms with E-state index in [0.29, 0.717) is 13.1 Å². The van der Waals surface area contributed by atoms with Gasteiger partial charge in [-0.25, -0.2) is 9.97 Å². The average molecular weight is 287 g/mol.